The minimum atomic E-state index is -0.590. The van der Waals surface area contributed by atoms with E-state index in [4.69, 9.17) is 5.11 Å². The maximum Gasteiger partial charge on any atom is 0.356 e. The average molecular weight is 262 g/mol. The normalized spacial score (nSPS) is 10.4. The van der Waals surface area contributed by atoms with E-state index in [9.17, 15) is 9.59 Å². The summed E-state index contributed by atoms with van der Waals surface area (Å²) in [6.07, 6.45) is 0.563. The van der Waals surface area contributed by atoms with Gasteiger partial charge in [0.25, 0.3) is 5.56 Å². The van der Waals surface area contributed by atoms with Crippen LogP contribution in [0.3, 0.4) is 0 Å². The number of aromatic nitrogens is 2. The van der Waals surface area contributed by atoms with Crippen molar-refractivity contribution in [1.29, 1.82) is 0 Å². The number of esters is 1. The maximum absolute atomic E-state index is 11.8. The lowest BCUT2D eigenvalue weighted by atomic mass is 10.1. The molecule has 1 heterocycles. The van der Waals surface area contributed by atoms with Gasteiger partial charge >= 0.3 is 5.97 Å². The summed E-state index contributed by atoms with van der Waals surface area (Å²) >= 11 is 0. The van der Waals surface area contributed by atoms with Crippen LogP contribution in [0.5, 0.6) is 0 Å². The summed E-state index contributed by atoms with van der Waals surface area (Å²) in [4.78, 5) is 23.1. The Kier molecular flexibility index (Phi) is 3.82. The van der Waals surface area contributed by atoms with Gasteiger partial charge in [-0.3, -0.25) is 9.89 Å². The Morgan fingerprint density at radius 1 is 1.37 bits per heavy atom. The predicted octanol–water partition coefficient (Wildman–Crippen LogP) is 0.487. The van der Waals surface area contributed by atoms with E-state index in [1.54, 1.807) is 12.1 Å². The largest absolute Gasteiger partial charge is 0.464 e. The molecule has 0 unspecified atom stereocenters. The van der Waals surface area contributed by atoms with Crippen molar-refractivity contribution in [2.75, 3.05) is 13.7 Å². The van der Waals surface area contributed by atoms with Gasteiger partial charge in [0, 0.05) is 12.7 Å². The molecule has 2 N–H and O–H groups in total. The van der Waals surface area contributed by atoms with Crippen LogP contribution >= 0.6 is 0 Å². The Morgan fingerprint density at radius 3 is 2.63 bits per heavy atom. The van der Waals surface area contributed by atoms with Crippen LogP contribution in [0.4, 0.5) is 0 Å². The van der Waals surface area contributed by atoms with Crippen molar-refractivity contribution < 1.29 is 14.6 Å². The number of aromatic amines is 1. The number of nitrogens with zero attached hydrogens (tertiary/aromatic N) is 1. The molecule has 0 spiro atoms. The van der Waals surface area contributed by atoms with E-state index >= 15 is 0 Å². The van der Waals surface area contributed by atoms with Gasteiger partial charge in [-0.1, -0.05) is 12.1 Å². The van der Waals surface area contributed by atoms with Gasteiger partial charge in [0.1, 0.15) is 5.69 Å². The Morgan fingerprint density at radius 2 is 2.05 bits per heavy atom. The molecule has 0 saturated heterocycles. The fourth-order valence-electron chi connectivity index (χ4n) is 1.74. The van der Waals surface area contributed by atoms with E-state index in [0.29, 0.717) is 12.1 Å². The molecule has 100 valence electrons. The third-order valence-electron chi connectivity index (χ3n) is 2.72. The first-order chi connectivity index (χ1) is 9.15. The van der Waals surface area contributed by atoms with E-state index in [0.717, 1.165) is 5.56 Å². The van der Waals surface area contributed by atoms with Crippen molar-refractivity contribution in [3.63, 3.8) is 0 Å². The molecule has 0 radical (unpaired) electrons. The summed E-state index contributed by atoms with van der Waals surface area (Å²) in [7, 11) is 1.25. The highest BCUT2D eigenvalue weighted by atomic mass is 16.5. The number of aliphatic hydroxyl groups is 1. The summed E-state index contributed by atoms with van der Waals surface area (Å²) in [5.41, 5.74) is 1.35. The highest BCUT2D eigenvalue weighted by Gasteiger charge is 2.11. The van der Waals surface area contributed by atoms with Crippen molar-refractivity contribution in [3.05, 3.63) is 51.9 Å². The molecular weight excluding hydrogens is 248 g/mol. The second-order valence-electron chi connectivity index (χ2n) is 3.98. The topological polar surface area (TPSA) is 84.3 Å². The number of ether oxygens (including phenoxy) is 1. The lowest BCUT2D eigenvalue weighted by Crippen LogP contribution is -2.13. The van der Waals surface area contributed by atoms with E-state index in [1.807, 2.05) is 12.1 Å². The smallest absolute Gasteiger partial charge is 0.356 e. The van der Waals surface area contributed by atoms with Crippen LogP contribution < -0.4 is 5.56 Å². The fourth-order valence-corrected chi connectivity index (χ4v) is 1.74. The van der Waals surface area contributed by atoms with Crippen LogP contribution in [0.1, 0.15) is 16.1 Å². The number of hydrogen-bond donors (Lipinski definition) is 2. The number of rotatable bonds is 4. The summed E-state index contributed by atoms with van der Waals surface area (Å²) in [5.74, 6) is -0.590. The molecule has 6 heteroatoms. The Hall–Kier alpha value is -2.34. The number of carbonyl (C=O) groups is 1. The summed E-state index contributed by atoms with van der Waals surface area (Å²) in [6.45, 7) is 0.0777. The molecule has 0 atom stereocenters. The van der Waals surface area contributed by atoms with Crippen LogP contribution in [-0.2, 0) is 11.2 Å². The Labute approximate surface area is 109 Å². The molecule has 2 aromatic rings. The van der Waals surface area contributed by atoms with Crippen molar-refractivity contribution in [2.24, 2.45) is 0 Å². The molecule has 1 aromatic carbocycles. The highest BCUT2D eigenvalue weighted by Crippen LogP contribution is 2.08. The number of benzene rings is 1. The first-order valence-electron chi connectivity index (χ1n) is 5.76. The van der Waals surface area contributed by atoms with Gasteiger partial charge in [-0.05, 0) is 24.1 Å². The van der Waals surface area contributed by atoms with Crippen LogP contribution in [0.2, 0.25) is 0 Å². The van der Waals surface area contributed by atoms with Gasteiger partial charge in [0.05, 0.1) is 12.8 Å². The Balaban J connectivity index is 2.33. The quantitative estimate of drug-likeness (QED) is 0.785. The second kappa shape index (κ2) is 5.53. The zero-order chi connectivity index (χ0) is 13.8. The molecule has 0 bridgehead atoms. The lowest BCUT2D eigenvalue weighted by Gasteiger charge is -2.03. The Bertz CT molecular complexity index is 625. The molecule has 0 fully saturated rings. The molecule has 0 aliphatic heterocycles. The zero-order valence-electron chi connectivity index (χ0n) is 10.4. The molecule has 0 aliphatic carbocycles. The number of aliphatic hydroxyl groups excluding tert-OH is 1. The minimum Gasteiger partial charge on any atom is -0.464 e. The number of nitrogens with one attached hydrogen (secondary N) is 1. The van der Waals surface area contributed by atoms with Crippen molar-refractivity contribution in [2.45, 2.75) is 6.42 Å². The molecule has 0 saturated carbocycles. The maximum atomic E-state index is 11.8. The first kappa shape index (κ1) is 13.1. The summed E-state index contributed by atoms with van der Waals surface area (Å²) in [5, 5.41) is 11.5. The molecule has 1 aromatic heterocycles. The van der Waals surface area contributed by atoms with Gasteiger partial charge in [-0.2, -0.15) is 0 Å². The number of hydrogen-bond acceptors (Lipinski definition) is 4. The third kappa shape index (κ3) is 2.74. The van der Waals surface area contributed by atoms with Gasteiger partial charge in [0.2, 0.25) is 0 Å². The second-order valence-corrected chi connectivity index (χ2v) is 3.98. The summed E-state index contributed by atoms with van der Waals surface area (Å²) in [6, 6.07) is 8.30. The minimum absolute atomic E-state index is 0.0777. The molecular formula is C13H14N2O4. The van der Waals surface area contributed by atoms with Crippen molar-refractivity contribution in [1.82, 2.24) is 9.78 Å². The molecule has 19 heavy (non-hydrogen) atoms. The predicted molar refractivity (Wildman–Crippen MR) is 68.5 cm³/mol. The van der Waals surface area contributed by atoms with Crippen LogP contribution in [0.15, 0.2) is 35.1 Å². The van der Waals surface area contributed by atoms with Gasteiger partial charge in [0.15, 0.2) is 0 Å². The molecule has 0 aliphatic rings. The van der Waals surface area contributed by atoms with Gasteiger partial charge in [-0.25, -0.2) is 9.48 Å². The molecule has 0 amide bonds. The van der Waals surface area contributed by atoms with Crippen LogP contribution in [0.25, 0.3) is 5.69 Å². The molecule has 2 rings (SSSR count). The van der Waals surface area contributed by atoms with Crippen molar-refractivity contribution in [3.8, 4) is 5.69 Å². The number of methoxy groups -OCH3 is 1. The van der Waals surface area contributed by atoms with E-state index in [2.05, 4.69) is 9.84 Å². The SMILES string of the molecule is COC(=O)c1cc(=O)n(-c2ccc(CCO)cc2)[nH]1. The van der Waals surface area contributed by atoms with Crippen molar-refractivity contribution >= 4 is 5.97 Å². The third-order valence-corrected chi connectivity index (χ3v) is 2.72. The van der Waals surface area contributed by atoms with Crippen LogP contribution in [-0.4, -0.2) is 34.6 Å². The standard InChI is InChI=1S/C13H14N2O4/c1-19-13(18)11-8-12(17)15(14-11)10-4-2-9(3-5-10)6-7-16/h2-5,8,14,16H,6-7H2,1H3. The van der Waals surface area contributed by atoms with E-state index in [-0.39, 0.29) is 17.9 Å². The highest BCUT2D eigenvalue weighted by molar-refractivity contribution is 5.86. The average Bonchev–Trinajstić information content (AvgIpc) is 2.81. The first-order valence-corrected chi connectivity index (χ1v) is 5.76. The lowest BCUT2D eigenvalue weighted by molar-refractivity contribution is 0.0593. The van der Waals surface area contributed by atoms with Gasteiger partial charge in [-0.15, -0.1) is 0 Å². The number of H-pyrrole nitrogens is 1. The van der Waals surface area contributed by atoms with E-state index in [1.165, 1.54) is 17.9 Å². The van der Waals surface area contributed by atoms with Crippen LogP contribution in [0, 0.1) is 0 Å². The number of carbonyl (C=O) groups excluding carboxylic acids is 1. The van der Waals surface area contributed by atoms with E-state index < -0.39 is 5.97 Å². The zero-order valence-corrected chi connectivity index (χ0v) is 10.4. The fraction of sp³-hybridized carbons (Fsp3) is 0.231. The van der Waals surface area contributed by atoms with Gasteiger partial charge < -0.3 is 9.84 Å². The molecule has 6 nitrogen and oxygen atoms in total. The summed E-state index contributed by atoms with van der Waals surface area (Å²) < 4.78 is 5.80. The monoisotopic (exact) mass is 262 g/mol.